The van der Waals surface area contributed by atoms with E-state index in [1.807, 2.05) is 32.9 Å². The Labute approximate surface area is 161 Å². The number of carbonyl (C=O) groups excluding carboxylic acids is 1. The number of carbonyl (C=O) groups is 1. The van der Waals surface area contributed by atoms with Crippen LogP contribution in [-0.4, -0.2) is 18.2 Å². The molecule has 2 aromatic carbocycles. The Morgan fingerprint density at radius 1 is 1.08 bits per heavy atom. The van der Waals surface area contributed by atoms with Crippen molar-refractivity contribution in [2.45, 2.75) is 20.8 Å². The van der Waals surface area contributed by atoms with Gasteiger partial charge in [-0.25, -0.2) is 5.43 Å². The molecule has 0 atom stereocenters. The number of halogens is 3. The topological polar surface area (TPSA) is 50.7 Å². The first-order chi connectivity index (χ1) is 11.8. The predicted octanol–water partition coefficient (Wildman–Crippen LogP) is 5.18. The molecular weight excluding hydrogens is 383 g/mol. The van der Waals surface area contributed by atoms with E-state index in [2.05, 4.69) is 16.6 Å². The van der Waals surface area contributed by atoms with Crippen molar-refractivity contribution in [1.29, 1.82) is 0 Å². The van der Waals surface area contributed by atoms with Gasteiger partial charge in [-0.05, 0) is 32.4 Å². The van der Waals surface area contributed by atoms with Gasteiger partial charge in [0.05, 0.1) is 20.8 Å². The van der Waals surface area contributed by atoms with Gasteiger partial charge in [0.25, 0.3) is 5.91 Å². The molecule has 0 saturated carbocycles. The molecule has 0 radical (unpaired) electrons. The van der Waals surface area contributed by atoms with E-state index in [0.29, 0.717) is 15.8 Å². The molecule has 2 rings (SSSR count). The highest BCUT2D eigenvalue weighted by Gasteiger charge is 2.10. The monoisotopic (exact) mass is 398 g/mol. The fraction of sp³-hybridized carbons (Fsp3) is 0.222. The first-order valence-electron chi connectivity index (χ1n) is 7.46. The molecule has 4 nitrogen and oxygen atoms in total. The smallest absolute Gasteiger partial charge is 0.277 e. The van der Waals surface area contributed by atoms with Crippen molar-refractivity contribution in [2.75, 3.05) is 6.61 Å². The number of hydrogen-bond acceptors (Lipinski definition) is 3. The van der Waals surface area contributed by atoms with Crippen molar-refractivity contribution >= 4 is 46.4 Å². The Morgan fingerprint density at radius 3 is 2.44 bits per heavy atom. The van der Waals surface area contributed by atoms with E-state index in [-0.39, 0.29) is 17.4 Å². The molecule has 132 valence electrons. The van der Waals surface area contributed by atoms with E-state index in [1.54, 1.807) is 0 Å². The second-order valence-electron chi connectivity index (χ2n) is 5.54. The zero-order chi connectivity index (χ0) is 18.6. The summed E-state index contributed by atoms with van der Waals surface area (Å²) < 4.78 is 5.36. The van der Waals surface area contributed by atoms with E-state index in [4.69, 9.17) is 39.5 Å². The third-order valence-electron chi connectivity index (χ3n) is 3.45. The highest BCUT2D eigenvalue weighted by atomic mass is 35.5. The van der Waals surface area contributed by atoms with Crippen LogP contribution in [0.3, 0.4) is 0 Å². The molecule has 0 unspecified atom stereocenters. The number of nitrogens with one attached hydrogen (secondary N) is 1. The zero-order valence-corrected chi connectivity index (χ0v) is 16.3. The normalized spacial score (nSPS) is 11.4. The fourth-order valence-corrected chi connectivity index (χ4v) is 2.81. The minimum Gasteiger partial charge on any atom is -0.482 e. The number of ether oxygens (including phenoxy) is 1. The third kappa shape index (κ3) is 5.36. The maximum atomic E-state index is 11.9. The van der Waals surface area contributed by atoms with Gasteiger partial charge >= 0.3 is 0 Å². The van der Waals surface area contributed by atoms with Crippen LogP contribution in [0.1, 0.15) is 23.6 Å². The molecule has 0 fully saturated rings. The van der Waals surface area contributed by atoms with E-state index in [1.165, 1.54) is 17.7 Å². The van der Waals surface area contributed by atoms with Gasteiger partial charge in [-0.1, -0.05) is 58.6 Å². The third-order valence-corrected chi connectivity index (χ3v) is 4.47. The first kappa shape index (κ1) is 19.6. The molecule has 0 bridgehead atoms. The number of hydrazone groups is 1. The molecule has 1 amide bonds. The van der Waals surface area contributed by atoms with Crippen LogP contribution in [0.5, 0.6) is 5.75 Å². The van der Waals surface area contributed by atoms with Gasteiger partial charge in [-0.15, -0.1) is 0 Å². The Kier molecular flexibility index (Phi) is 6.71. The molecule has 25 heavy (non-hydrogen) atoms. The second kappa shape index (κ2) is 8.56. The Balaban J connectivity index is 1.97. The number of benzene rings is 2. The lowest BCUT2D eigenvalue weighted by molar-refractivity contribution is -0.123. The highest BCUT2D eigenvalue weighted by Crippen LogP contribution is 2.33. The van der Waals surface area contributed by atoms with Crippen LogP contribution in [0.25, 0.3) is 0 Å². The predicted molar refractivity (Wildman–Crippen MR) is 103 cm³/mol. The second-order valence-corrected chi connectivity index (χ2v) is 6.76. The van der Waals surface area contributed by atoms with E-state index in [9.17, 15) is 4.79 Å². The zero-order valence-electron chi connectivity index (χ0n) is 14.0. The number of rotatable bonds is 5. The Bertz CT molecular complexity index is 835. The van der Waals surface area contributed by atoms with Crippen LogP contribution in [0, 0.1) is 13.8 Å². The average molecular weight is 400 g/mol. The van der Waals surface area contributed by atoms with Crippen molar-refractivity contribution in [3.8, 4) is 5.75 Å². The molecule has 2 aromatic rings. The van der Waals surface area contributed by atoms with Gasteiger partial charge in [-0.2, -0.15) is 5.10 Å². The summed E-state index contributed by atoms with van der Waals surface area (Å²) in [7, 11) is 0. The van der Waals surface area contributed by atoms with Crippen LogP contribution >= 0.6 is 34.8 Å². The molecule has 0 aliphatic carbocycles. The Hall–Kier alpha value is -1.75. The lowest BCUT2D eigenvalue weighted by Gasteiger charge is -2.09. The Morgan fingerprint density at radius 2 is 1.76 bits per heavy atom. The van der Waals surface area contributed by atoms with Crippen LogP contribution in [0.4, 0.5) is 0 Å². The van der Waals surface area contributed by atoms with Crippen molar-refractivity contribution in [2.24, 2.45) is 5.10 Å². The lowest BCUT2D eigenvalue weighted by atomic mass is 10.0. The number of hydrogen-bond donors (Lipinski definition) is 1. The molecular formula is C18H17Cl3N2O2. The van der Waals surface area contributed by atoms with Gasteiger partial charge in [-0.3, -0.25) is 4.79 Å². The van der Waals surface area contributed by atoms with Crippen molar-refractivity contribution in [1.82, 2.24) is 5.43 Å². The summed E-state index contributed by atoms with van der Waals surface area (Å²) in [5.74, 6) is -0.132. The van der Waals surface area contributed by atoms with Crippen LogP contribution in [0.2, 0.25) is 15.1 Å². The van der Waals surface area contributed by atoms with Gasteiger partial charge < -0.3 is 4.74 Å². The van der Waals surface area contributed by atoms with Gasteiger partial charge in [0.2, 0.25) is 0 Å². The summed E-state index contributed by atoms with van der Waals surface area (Å²) in [6.07, 6.45) is 0. The fourth-order valence-electron chi connectivity index (χ4n) is 2.22. The summed E-state index contributed by atoms with van der Waals surface area (Å²) in [5, 5.41) is 5.00. The minimum atomic E-state index is -0.411. The number of nitrogens with zero attached hydrogens (tertiary/aromatic N) is 1. The average Bonchev–Trinajstić information content (AvgIpc) is 2.54. The molecule has 7 heteroatoms. The molecule has 0 spiro atoms. The van der Waals surface area contributed by atoms with Crippen LogP contribution < -0.4 is 10.2 Å². The van der Waals surface area contributed by atoms with Crippen LogP contribution in [-0.2, 0) is 4.79 Å². The first-order valence-corrected chi connectivity index (χ1v) is 8.59. The summed E-state index contributed by atoms with van der Waals surface area (Å²) in [6, 6.07) is 8.95. The SMILES string of the molecule is CC(=NNC(=O)COc1cc(Cl)c(Cl)cc1Cl)c1ccc(C)cc1C. The maximum Gasteiger partial charge on any atom is 0.277 e. The van der Waals surface area contributed by atoms with E-state index in [0.717, 1.165) is 11.1 Å². The van der Waals surface area contributed by atoms with Gasteiger partial charge in [0.1, 0.15) is 5.75 Å². The summed E-state index contributed by atoms with van der Waals surface area (Å²) in [5.41, 5.74) is 6.40. The standard InChI is InChI=1S/C18H17Cl3N2O2/c1-10-4-5-13(11(2)6-10)12(3)22-23-18(24)9-25-17-8-15(20)14(19)7-16(17)21/h4-8H,9H2,1-3H3,(H,23,24). The molecule has 0 heterocycles. The lowest BCUT2D eigenvalue weighted by Crippen LogP contribution is -2.25. The molecule has 1 N–H and O–H groups in total. The quantitative estimate of drug-likeness (QED) is 0.428. The number of amides is 1. The molecule has 0 aliphatic heterocycles. The minimum absolute atomic E-state index is 0.249. The van der Waals surface area contributed by atoms with Crippen molar-refractivity contribution < 1.29 is 9.53 Å². The molecule has 0 aliphatic rings. The molecule has 0 aromatic heterocycles. The van der Waals surface area contributed by atoms with Crippen LogP contribution in [0.15, 0.2) is 35.4 Å². The van der Waals surface area contributed by atoms with E-state index < -0.39 is 5.91 Å². The molecule has 0 saturated heterocycles. The number of aryl methyl sites for hydroxylation is 2. The summed E-state index contributed by atoms with van der Waals surface area (Å²) in [6.45, 7) is 5.60. The van der Waals surface area contributed by atoms with Gasteiger partial charge in [0, 0.05) is 11.6 Å². The van der Waals surface area contributed by atoms with Crippen molar-refractivity contribution in [3.63, 3.8) is 0 Å². The summed E-state index contributed by atoms with van der Waals surface area (Å²) >= 11 is 17.7. The van der Waals surface area contributed by atoms with Crippen molar-refractivity contribution in [3.05, 3.63) is 62.1 Å². The maximum absolute atomic E-state index is 11.9. The highest BCUT2D eigenvalue weighted by molar-refractivity contribution is 6.43. The van der Waals surface area contributed by atoms with E-state index >= 15 is 0 Å². The summed E-state index contributed by atoms with van der Waals surface area (Å²) in [4.78, 5) is 11.9. The van der Waals surface area contributed by atoms with Gasteiger partial charge in [0.15, 0.2) is 6.61 Å². The largest absolute Gasteiger partial charge is 0.482 e.